The fourth-order valence-corrected chi connectivity index (χ4v) is 2.99. The Balaban J connectivity index is 2.50. The lowest BCUT2D eigenvalue weighted by Crippen LogP contribution is -2.13. The number of aliphatic hydroxyl groups is 1. The second-order valence-corrected chi connectivity index (χ2v) is 6.69. The van der Waals surface area contributed by atoms with E-state index in [4.69, 9.17) is 18.8 Å². The van der Waals surface area contributed by atoms with Crippen LogP contribution in [0.2, 0.25) is 0 Å². The van der Waals surface area contributed by atoms with Crippen LogP contribution in [-0.4, -0.2) is 42.3 Å². The zero-order chi connectivity index (χ0) is 17.9. The van der Waals surface area contributed by atoms with E-state index in [1.165, 1.54) is 38.5 Å². The molecule has 24 heavy (non-hydrogen) atoms. The molecule has 0 aliphatic rings. The molecule has 2 N–H and O–H groups in total. The van der Waals surface area contributed by atoms with Crippen molar-refractivity contribution in [3.8, 4) is 23.5 Å². The van der Waals surface area contributed by atoms with E-state index in [1.807, 2.05) is 0 Å². The summed E-state index contributed by atoms with van der Waals surface area (Å²) in [5.41, 5.74) is -2.42. The molecule has 1 atom stereocenters. The Labute approximate surface area is 146 Å². The van der Waals surface area contributed by atoms with Gasteiger partial charge >= 0.3 is 6.01 Å². The molecular weight excluding hydrogens is 408 g/mol. The zero-order valence-electron chi connectivity index (χ0n) is 12.5. The first kappa shape index (κ1) is 18.4. The van der Waals surface area contributed by atoms with Gasteiger partial charge in [0.1, 0.15) is 5.75 Å². The van der Waals surface area contributed by atoms with Gasteiger partial charge in [0.2, 0.25) is 17.2 Å². The van der Waals surface area contributed by atoms with Gasteiger partial charge in [-0.3, -0.25) is 4.55 Å². The van der Waals surface area contributed by atoms with Gasteiger partial charge < -0.3 is 19.3 Å². The van der Waals surface area contributed by atoms with Gasteiger partial charge in [0.05, 0.1) is 25.8 Å². The van der Waals surface area contributed by atoms with Crippen LogP contribution in [0.3, 0.4) is 0 Å². The number of aliphatic hydroxyl groups excluding tert-OH is 1. The molecular formula is C13H13BrN2O7S. The van der Waals surface area contributed by atoms with E-state index in [1.54, 1.807) is 0 Å². The lowest BCUT2D eigenvalue weighted by atomic mass is 10.2. The molecule has 0 spiro atoms. The van der Waals surface area contributed by atoms with Crippen molar-refractivity contribution in [2.45, 2.75) is 5.44 Å². The van der Waals surface area contributed by atoms with E-state index in [0.717, 1.165) is 0 Å². The van der Waals surface area contributed by atoms with Gasteiger partial charge in [-0.25, -0.2) is 0 Å². The maximum absolute atomic E-state index is 11.2. The summed E-state index contributed by atoms with van der Waals surface area (Å²) in [5, 5.41) is 9.86. The Bertz CT molecular complexity index is 822. The van der Waals surface area contributed by atoms with Crippen molar-refractivity contribution in [1.29, 1.82) is 0 Å². The highest BCUT2D eigenvalue weighted by Gasteiger charge is 2.28. The first-order chi connectivity index (χ1) is 11.3. The molecule has 0 bridgehead atoms. The Morgan fingerprint density at radius 1 is 1.17 bits per heavy atom. The van der Waals surface area contributed by atoms with Crippen molar-refractivity contribution in [3.05, 3.63) is 34.3 Å². The lowest BCUT2D eigenvalue weighted by molar-refractivity contribution is 0.233. The van der Waals surface area contributed by atoms with Crippen molar-refractivity contribution >= 4 is 26.0 Å². The summed E-state index contributed by atoms with van der Waals surface area (Å²) in [6.07, 6.45) is 0. The first-order valence-electron chi connectivity index (χ1n) is 6.34. The molecule has 9 nitrogen and oxygen atoms in total. The minimum absolute atomic E-state index is 0.0789. The van der Waals surface area contributed by atoms with E-state index >= 15 is 0 Å². The van der Waals surface area contributed by atoms with Crippen molar-refractivity contribution in [1.82, 2.24) is 9.97 Å². The molecule has 0 aliphatic heterocycles. The van der Waals surface area contributed by atoms with Gasteiger partial charge in [-0.1, -0.05) is 22.0 Å². The standard InChI is InChI=1S/C13H13BrN2O7S/c1-21-9-6-10(22-2)16-13(15-9)23-8-5-3-4-7(14)11(8)12(17)24(18,19)20/h3-6,12,17H,1-2H3,(H,18,19,20). The van der Waals surface area contributed by atoms with Crippen molar-refractivity contribution in [3.63, 3.8) is 0 Å². The molecule has 11 heteroatoms. The van der Waals surface area contributed by atoms with Crippen LogP contribution in [-0.2, 0) is 10.1 Å². The largest absolute Gasteiger partial charge is 0.481 e. The Morgan fingerprint density at radius 3 is 2.25 bits per heavy atom. The molecule has 0 amide bonds. The molecule has 0 aliphatic carbocycles. The van der Waals surface area contributed by atoms with E-state index in [9.17, 15) is 13.5 Å². The summed E-state index contributed by atoms with van der Waals surface area (Å²) in [4.78, 5) is 7.89. The molecule has 2 rings (SSSR count). The fraction of sp³-hybridized carbons (Fsp3) is 0.231. The highest BCUT2D eigenvalue weighted by Crippen LogP contribution is 2.37. The average molecular weight is 421 g/mol. The number of rotatable bonds is 6. The second-order valence-electron chi connectivity index (χ2n) is 4.36. The first-order valence-corrected chi connectivity index (χ1v) is 8.63. The Kier molecular flexibility index (Phi) is 5.59. The van der Waals surface area contributed by atoms with Gasteiger partial charge in [-0.2, -0.15) is 18.4 Å². The summed E-state index contributed by atoms with van der Waals surface area (Å²) in [7, 11) is -1.99. The number of benzene rings is 1. The van der Waals surface area contributed by atoms with Gasteiger partial charge in [0, 0.05) is 4.47 Å². The smallest absolute Gasteiger partial charge is 0.328 e. The van der Waals surface area contributed by atoms with Crippen LogP contribution >= 0.6 is 15.9 Å². The molecule has 0 saturated carbocycles. The number of hydrogen-bond donors (Lipinski definition) is 2. The number of hydrogen-bond acceptors (Lipinski definition) is 8. The minimum atomic E-state index is -4.76. The number of ether oxygens (including phenoxy) is 3. The lowest BCUT2D eigenvalue weighted by Gasteiger charge is -2.15. The number of halogens is 1. The van der Waals surface area contributed by atoms with Crippen LogP contribution in [0.25, 0.3) is 0 Å². The number of aromatic nitrogens is 2. The monoisotopic (exact) mass is 420 g/mol. The van der Waals surface area contributed by atoms with Crippen LogP contribution in [0, 0.1) is 0 Å². The summed E-state index contributed by atoms with van der Waals surface area (Å²) in [6, 6.07) is 5.61. The highest BCUT2D eigenvalue weighted by molar-refractivity contribution is 9.10. The normalized spacial score (nSPS) is 12.5. The maximum Gasteiger partial charge on any atom is 0.328 e. The third kappa shape index (κ3) is 4.12. The van der Waals surface area contributed by atoms with Gasteiger partial charge in [0.15, 0.2) is 0 Å². The summed E-state index contributed by atoms with van der Waals surface area (Å²) < 4.78 is 47.2. The molecule has 1 unspecified atom stereocenters. The number of methoxy groups -OCH3 is 2. The Hall–Kier alpha value is -1.95. The number of nitrogens with zero attached hydrogens (tertiary/aromatic N) is 2. The van der Waals surface area contributed by atoms with Crippen LogP contribution in [0.1, 0.15) is 11.0 Å². The predicted octanol–water partition coefficient (Wildman–Crippen LogP) is 1.93. The average Bonchev–Trinajstić information content (AvgIpc) is 2.53. The van der Waals surface area contributed by atoms with E-state index in [2.05, 4.69) is 25.9 Å². The highest BCUT2D eigenvalue weighted by atomic mass is 79.9. The van der Waals surface area contributed by atoms with Crippen molar-refractivity contribution in [2.24, 2.45) is 0 Å². The third-order valence-corrected chi connectivity index (χ3v) is 4.31. The van der Waals surface area contributed by atoms with Crippen LogP contribution in [0.4, 0.5) is 0 Å². The zero-order valence-corrected chi connectivity index (χ0v) is 14.9. The maximum atomic E-state index is 11.2. The predicted molar refractivity (Wildman–Crippen MR) is 85.9 cm³/mol. The molecule has 0 fully saturated rings. The van der Waals surface area contributed by atoms with E-state index in [-0.39, 0.29) is 33.6 Å². The molecule has 1 aromatic heterocycles. The topological polar surface area (TPSA) is 128 Å². The minimum Gasteiger partial charge on any atom is -0.481 e. The molecule has 0 saturated heterocycles. The molecule has 0 radical (unpaired) electrons. The summed E-state index contributed by atoms with van der Waals surface area (Å²) in [5.74, 6) is 0.234. The molecule has 130 valence electrons. The van der Waals surface area contributed by atoms with Crippen LogP contribution in [0.5, 0.6) is 23.5 Å². The van der Waals surface area contributed by atoms with Gasteiger partial charge in [0.25, 0.3) is 10.1 Å². The summed E-state index contributed by atoms with van der Waals surface area (Å²) >= 11 is 3.10. The SMILES string of the molecule is COc1cc(OC)nc(Oc2cccc(Br)c2C(O)S(=O)(=O)O)n1. The van der Waals surface area contributed by atoms with Crippen LogP contribution < -0.4 is 14.2 Å². The quantitative estimate of drug-likeness (QED) is 0.673. The van der Waals surface area contributed by atoms with E-state index in [0.29, 0.717) is 0 Å². The fourth-order valence-electron chi connectivity index (χ4n) is 1.73. The van der Waals surface area contributed by atoms with Gasteiger partial charge in [-0.15, -0.1) is 0 Å². The van der Waals surface area contributed by atoms with Crippen molar-refractivity contribution < 1.29 is 32.3 Å². The summed E-state index contributed by atoms with van der Waals surface area (Å²) in [6.45, 7) is 0. The second kappa shape index (κ2) is 7.30. The molecule has 1 heterocycles. The van der Waals surface area contributed by atoms with E-state index < -0.39 is 15.6 Å². The van der Waals surface area contributed by atoms with Crippen molar-refractivity contribution in [2.75, 3.05) is 14.2 Å². The third-order valence-electron chi connectivity index (χ3n) is 2.82. The Morgan fingerprint density at radius 2 is 1.75 bits per heavy atom. The van der Waals surface area contributed by atoms with Crippen LogP contribution in [0.15, 0.2) is 28.7 Å². The molecule has 2 aromatic rings. The van der Waals surface area contributed by atoms with Gasteiger partial charge in [-0.05, 0) is 12.1 Å². The molecule has 1 aromatic carbocycles.